The molecule has 2 heterocycles. The summed E-state index contributed by atoms with van der Waals surface area (Å²) < 4.78 is 18.8. The summed E-state index contributed by atoms with van der Waals surface area (Å²) in [5.74, 6) is 0.297. The quantitative estimate of drug-likeness (QED) is 0.676. The molecule has 0 amide bonds. The molecule has 2 nitrogen and oxygen atoms in total. The number of nitrogens with zero attached hydrogens (tertiary/aromatic N) is 1. The van der Waals surface area contributed by atoms with Crippen LogP contribution in [-0.2, 0) is 0 Å². The summed E-state index contributed by atoms with van der Waals surface area (Å²) in [6, 6.07) is 6.93. The Kier molecular flexibility index (Phi) is 2.72. The zero-order chi connectivity index (χ0) is 12.5. The molecule has 0 saturated heterocycles. The Morgan fingerprint density at radius 2 is 1.94 bits per heavy atom. The fourth-order valence-electron chi connectivity index (χ4n) is 1.85. The zero-order valence-electron chi connectivity index (χ0n) is 9.68. The fraction of sp³-hybridized carbons (Fsp3) is 0.0714. The van der Waals surface area contributed by atoms with Crippen LogP contribution in [-0.4, -0.2) is 4.98 Å². The lowest BCUT2D eigenvalue weighted by Crippen LogP contribution is -1.82. The van der Waals surface area contributed by atoms with E-state index in [0.717, 1.165) is 11.1 Å². The summed E-state index contributed by atoms with van der Waals surface area (Å²) in [4.78, 5) is 5.05. The summed E-state index contributed by atoms with van der Waals surface area (Å²) in [7, 11) is 0. The second-order valence-electron chi connectivity index (χ2n) is 4.04. The van der Waals surface area contributed by atoms with Crippen LogP contribution in [0.5, 0.6) is 0 Å². The number of oxazole rings is 1. The standard InChI is InChI=1S/C14H10FNOS/c1-9-2-12(7-18-9)10-3-11(5-13(15)4-10)14-6-16-8-17-14/h2-8H,1H3. The van der Waals surface area contributed by atoms with Crippen molar-refractivity contribution >= 4 is 11.3 Å². The Hall–Kier alpha value is -1.94. The van der Waals surface area contributed by atoms with Crippen LogP contribution in [0.2, 0.25) is 0 Å². The molecule has 0 aliphatic heterocycles. The van der Waals surface area contributed by atoms with Crippen LogP contribution in [0, 0.1) is 12.7 Å². The van der Waals surface area contributed by atoms with Crippen molar-refractivity contribution in [2.24, 2.45) is 0 Å². The highest BCUT2D eigenvalue weighted by Crippen LogP contribution is 2.30. The van der Waals surface area contributed by atoms with Crippen LogP contribution in [0.25, 0.3) is 22.5 Å². The van der Waals surface area contributed by atoms with E-state index in [4.69, 9.17) is 4.42 Å². The predicted molar refractivity (Wildman–Crippen MR) is 69.9 cm³/mol. The first kappa shape index (κ1) is 11.2. The van der Waals surface area contributed by atoms with Crippen LogP contribution in [0.15, 0.2) is 46.7 Å². The third-order valence-electron chi connectivity index (χ3n) is 2.68. The molecule has 0 radical (unpaired) electrons. The number of aromatic nitrogens is 1. The van der Waals surface area contributed by atoms with Gasteiger partial charge in [-0.25, -0.2) is 9.37 Å². The average Bonchev–Trinajstić information content (AvgIpc) is 2.98. The van der Waals surface area contributed by atoms with Gasteiger partial charge >= 0.3 is 0 Å². The van der Waals surface area contributed by atoms with E-state index in [-0.39, 0.29) is 5.82 Å². The maximum absolute atomic E-state index is 13.7. The summed E-state index contributed by atoms with van der Waals surface area (Å²) in [5.41, 5.74) is 2.58. The van der Waals surface area contributed by atoms with E-state index < -0.39 is 0 Å². The molecule has 0 unspecified atom stereocenters. The molecule has 3 rings (SSSR count). The number of hydrogen-bond donors (Lipinski definition) is 0. The highest BCUT2D eigenvalue weighted by atomic mass is 32.1. The van der Waals surface area contributed by atoms with Crippen molar-refractivity contribution in [1.29, 1.82) is 0 Å². The van der Waals surface area contributed by atoms with Crippen molar-refractivity contribution in [3.63, 3.8) is 0 Å². The fourth-order valence-corrected chi connectivity index (χ4v) is 2.56. The van der Waals surface area contributed by atoms with Crippen molar-refractivity contribution in [1.82, 2.24) is 4.98 Å². The maximum Gasteiger partial charge on any atom is 0.181 e. The van der Waals surface area contributed by atoms with E-state index in [1.165, 1.54) is 23.4 Å². The van der Waals surface area contributed by atoms with E-state index in [0.29, 0.717) is 11.3 Å². The minimum absolute atomic E-state index is 0.275. The second kappa shape index (κ2) is 4.38. The Labute approximate surface area is 108 Å². The first-order chi connectivity index (χ1) is 8.72. The Balaban J connectivity index is 2.11. The van der Waals surface area contributed by atoms with Crippen molar-refractivity contribution in [3.05, 3.63) is 52.9 Å². The Morgan fingerprint density at radius 1 is 1.11 bits per heavy atom. The third-order valence-corrected chi connectivity index (χ3v) is 3.54. The van der Waals surface area contributed by atoms with Gasteiger partial charge in [0.15, 0.2) is 12.2 Å². The minimum atomic E-state index is -0.275. The average molecular weight is 259 g/mol. The molecule has 0 spiro atoms. The zero-order valence-corrected chi connectivity index (χ0v) is 10.5. The highest BCUT2D eigenvalue weighted by molar-refractivity contribution is 7.10. The van der Waals surface area contributed by atoms with Gasteiger partial charge in [0, 0.05) is 10.4 Å². The minimum Gasteiger partial charge on any atom is -0.444 e. The summed E-state index contributed by atoms with van der Waals surface area (Å²) in [5, 5.41) is 2.02. The van der Waals surface area contributed by atoms with Gasteiger partial charge < -0.3 is 4.42 Å². The maximum atomic E-state index is 13.7. The molecule has 0 saturated carbocycles. The molecule has 0 aliphatic rings. The van der Waals surface area contributed by atoms with Gasteiger partial charge in [0.25, 0.3) is 0 Å². The molecular formula is C14H10FNOS. The number of aryl methyl sites for hydroxylation is 1. The van der Waals surface area contributed by atoms with Crippen LogP contribution in [0.3, 0.4) is 0 Å². The second-order valence-corrected chi connectivity index (χ2v) is 5.16. The molecule has 4 heteroatoms. The van der Waals surface area contributed by atoms with Crippen LogP contribution < -0.4 is 0 Å². The topological polar surface area (TPSA) is 26.0 Å². The monoisotopic (exact) mass is 259 g/mol. The van der Waals surface area contributed by atoms with Crippen molar-refractivity contribution in [2.75, 3.05) is 0 Å². The molecular weight excluding hydrogens is 249 g/mol. The van der Waals surface area contributed by atoms with Crippen molar-refractivity contribution < 1.29 is 8.81 Å². The lowest BCUT2D eigenvalue weighted by molar-refractivity contribution is 0.570. The van der Waals surface area contributed by atoms with Crippen molar-refractivity contribution in [3.8, 4) is 22.5 Å². The number of rotatable bonds is 2. The van der Waals surface area contributed by atoms with E-state index in [9.17, 15) is 4.39 Å². The Bertz CT molecular complexity index is 673. The van der Waals surface area contributed by atoms with E-state index in [1.807, 2.05) is 24.4 Å². The van der Waals surface area contributed by atoms with Gasteiger partial charge in [-0.2, -0.15) is 0 Å². The van der Waals surface area contributed by atoms with Gasteiger partial charge in [-0.1, -0.05) is 0 Å². The summed E-state index contributed by atoms with van der Waals surface area (Å²) in [6.07, 6.45) is 2.92. The van der Waals surface area contributed by atoms with Crippen LogP contribution in [0.1, 0.15) is 4.88 Å². The molecule has 0 N–H and O–H groups in total. The molecule has 0 atom stereocenters. The van der Waals surface area contributed by atoms with Gasteiger partial charge in [-0.15, -0.1) is 11.3 Å². The largest absolute Gasteiger partial charge is 0.444 e. The van der Waals surface area contributed by atoms with Crippen molar-refractivity contribution in [2.45, 2.75) is 6.92 Å². The van der Waals surface area contributed by atoms with E-state index in [1.54, 1.807) is 17.5 Å². The van der Waals surface area contributed by atoms with Gasteiger partial charge in [-0.3, -0.25) is 0 Å². The van der Waals surface area contributed by atoms with Gasteiger partial charge in [0.1, 0.15) is 5.82 Å². The molecule has 0 aliphatic carbocycles. The molecule has 3 aromatic rings. The van der Waals surface area contributed by atoms with E-state index >= 15 is 0 Å². The van der Waals surface area contributed by atoms with Crippen LogP contribution in [0.4, 0.5) is 4.39 Å². The molecule has 18 heavy (non-hydrogen) atoms. The number of benzene rings is 1. The Morgan fingerprint density at radius 3 is 2.61 bits per heavy atom. The van der Waals surface area contributed by atoms with Gasteiger partial charge in [0.2, 0.25) is 0 Å². The molecule has 90 valence electrons. The summed E-state index contributed by atoms with van der Waals surface area (Å²) >= 11 is 1.65. The normalized spacial score (nSPS) is 10.8. The lowest BCUT2D eigenvalue weighted by atomic mass is 10.0. The smallest absolute Gasteiger partial charge is 0.181 e. The first-order valence-corrected chi connectivity index (χ1v) is 6.35. The molecule has 0 bridgehead atoms. The molecule has 2 aromatic heterocycles. The van der Waals surface area contributed by atoms with Crippen LogP contribution >= 0.6 is 11.3 Å². The molecule has 0 fully saturated rings. The molecule has 1 aromatic carbocycles. The SMILES string of the molecule is Cc1cc(-c2cc(F)cc(-c3cnco3)c2)cs1. The highest BCUT2D eigenvalue weighted by Gasteiger charge is 2.08. The first-order valence-electron chi connectivity index (χ1n) is 5.47. The third kappa shape index (κ3) is 2.07. The number of hydrogen-bond acceptors (Lipinski definition) is 3. The predicted octanol–water partition coefficient (Wildman–Crippen LogP) is 4.52. The van der Waals surface area contributed by atoms with E-state index in [2.05, 4.69) is 4.98 Å². The lowest BCUT2D eigenvalue weighted by Gasteiger charge is -2.02. The summed E-state index contributed by atoms with van der Waals surface area (Å²) in [6.45, 7) is 2.03. The van der Waals surface area contributed by atoms with Gasteiger partial charge in [0.05, 0.1) is 6.20 Å². The number of thiophene rings is 1. The van der Waals surface area contributed by atoms with Gasteiger partial charge in [-0.05, 0) is 47.7 Å². The number of halogens is 1.